The highest BCUT2D eigenvalue weighted by atomic mass is 15.2. The van der Waals surface area contributed by atoms with Crippen molar-refractivity contribution in [3.63, 3.8) is 0 Å². The molecule has 1 heterocycles. The third kappa shape index (κ3) is 4.08. The van der Waals surface area contributed by atoms with E-state index in [1.165, 1.54) is 0 Å². The lowest BCUT2D eigenvalue weighted by atomic mass is 10.2. The normalized spacial score (nSPS) is 10.9. The van der Waals surface area contributed by atoms with Crippen LogP contribution in [0, 0.1) is 12.8 Å². The Labute approximate surface area is 117 Å². The number of rotatable bonds is 7. The molecule has 0 saturated carbocycles. The Morgan fingerprint density at radius 2 is 1.84 bits per heavy atom. The number of aryl methyl sites for hydroxylation is 1. The number of anilines is 2. The number of hydrogen-bond donors (Lipinski definition) is 1. The first kappa shape index (κ1) is 15.7. The predicted molar refractivity (Wildman–Crippen MR) is 83.0 cm³/mol. The predicted octanol–water partition coefficient (Wildman–Crippen LogP) is 3.26. The van der Waals surface area contributed by atoms with Crippen molar-refractivity contribution in [2.24, 2.45) is 5.92 Å². The van der Waals surface area contributed by atoms with Gasteiger partial charge in [-0.2, -0.15) is 0 Å². The highest BCUT2D eigenvalue weighted by molar-refractivity contribution is 5.58. The van der Waals surface area contributed by atoms with Crippen molar-refractivity contribution in [1.29, 1.82) is 0 Å². The van der Waals surface area contributed by atoms with E-state index in [2.05, 4.69) is 56.7 Å². The SMILES string of the molecule is CCNc1nc(CC)nc(N(CC)CC(C)C)c1C. The number of nitrogens with zero attached hydrogens (tertiary/aromatic N) is 3. The Morgan fingerprint density at radius 1 is 1.16 bits per heavy atom. The number of aromatic nitrogens is 2. The summed E-state index contributed by atoms with van der Waals surface area (Å²) in [5.41, 5.74) is 1.15. The van der Waals surface area contributed by atoms with Crippen LogP contribution in [0.15, 0.2) is 0 Å². The maximum Gasteiger partial charge on any atom is 0.137 e. The van der Waals surface area contributed by atoms with E-state index in [4.69, 9.17) is 4.98 Å². The fourth-order valence-electron chi connectivity index (χ4n) is 2.16. The van der Waals surface area contributed by atoms with Gasteiger partial charge in [0.1, 0.15) is 17.5 Å². The molecule has 0 bridgehead atoms. The van der Waals surface area contributed by atoms with Gasteiger partial charge < -0.3 is 10.2 Å². The topological polar surface area (TPSA) is 41.1 Å². The molecule has 1 aromatic heterocycles. The Morgan fingerprint density at radius 3 is 2.32 bits per heavy atom. The molecule has 0 radical (unpaired) electrons. The molecule has 0 aliphatic heterocycles. The minimum absolute atomic E-state index is 0.627. The van der Waals surface area contributed by atoms with Gasteiger partial charge in [0.25, 0.3) is 0 Å². The van der Waals surface area contributed by atoms with Gasteiger partial charge in [0, 0.05) is 31.6 Å². The zero-order valence-corrected chi connectivity index (χ0v) is 13.2. The fourth-order valence-corrected chi connectivity index (χ4v) is 2.16. The molecule has 108 valence electrons. The zero-order chi connectivity index (χ0) is 14.4. The quantitative estimate of drug-likeness (QED) is 0.820. The molecule has 1 rings (SSSR count). The molecule has 0 unspecified atom stereocenters. The lowest BCUT2D eigenvalue weighted by molar-refractivity contribution is 0.612. The summed E-state index contributed by atoms with van der Waals surface area (Å²) in [5.74, 6) is 3.60. The monoisotopic (exact) mass is 264 g/mol. The molecule has 0 aliphatic carbocycles. The Kier molecular flexibility index (Phi) is 6.06. The molecule has 0 aromatic carbocycles. The third-order valence-electron chi connectivity index (χ3n) is 3.09. The molecule has 0 fully saturated rings. The van der Waals surface area contributed by atoms with E-state index in [0.29, 0.717) is 5.92 Å². The Balaban J connectivity index is 3.19. The maximum atomic E-state index is 4.73. The summed E-state index contributed by atoms with van der Waals surface area (Å²) >= 11 is 0. The fraction of sp³-hybridized carbons (Fsp3) is 0.733. The number of hydrogen-bond acceptors (Lipinski definition) is 4. The van der Waals surface area contributed by atoms with E-state index in [1.54, 1.807) is 0 Å². The van der Waals surface area contributed by atoms with Gasteiger partial charge in [0.15, 0.2) is 0 Å². The van der Waals surface area contributed by atoms with Gasteiger partial charge in [0.2, 0.25) is 0 Å². The molecule has 0 atom stereocenters. The summed E-state index contributed by atoms with van der Waals surface area (Å²) in [6.45, 7) is 15.9. The second-order valence-electron chi connectivity index (χ2n) is 5.25. The van der Waals surface area contributed by atoms with Crippen molar-refractivity contribution in [2.75, 3.05) is 29.9 Å². The second kappa shape index (κ2) is 7.31. The summed E-state index contributed by atoms with van der Waals surface area (Å²) in [4.78, 5) is 11.7. The van der Waals surface area contributed by atoms with Crippen LogP contribution in [-0.2, 0) is 6.42 Å². The van der Waals surface area contributed by atoms with E-state index in [1.807, 2.05) is 0 Å². The van der Waals surface area contributed by atoms with E-state index in [-0.39, 0.29) is 0 Å². The molecule has 1 aromatic rings. The summed E-state index contributed by atoms with van der Waals surface area (Å²) < 4.78 is 0. The Bertz CT molecular complexity index is 401. The summed E-state index contributed by atoms with van der Waals surface area (Å²) in [5, 5.41) is 3.35. The largest absolute Gasteiger partial charge is 0.370 e. The van der Waals surface area contributed by atoms with Gasteiger partial charge in [0.05, 0.1) is 0 Å². The van der Waals surface area contributed by atoms with Crippen LogP contribution in [0.2, 0.25) is 0 Å². The molecule has 1 N–H and O–H groups in total. The summed E-state index contributed by atoms with van der Waals surface area (Å²) in [6.07, 6.45) is 0.866. The van der Waals surface area contributed by atoms with Crippen molar-refractivity contribution in [3.05, 3.63) is 11.4 Å². The highest BCUT2D eigenvalue weighted by Crippen LogP contribution is 2.24. The first-order valence-corrected chi connectivity index (χ1v) is 7.39. The van der Waals surface area contributed by atoms with E-state index < -0.39 is 0 Å². The standard InChI is InChI=1S/C15H28N4/c1-7-13-17-14(16-8-2)12(6)15(18-13)19(9-3)10-11(4)5/h11H,7-10H2,1-6H3,(H,16,17,18). The van der Waals surface area contributed by atoms with Crippen molar-refractivity contribution in [3.8, 4) is 0 Å². The molecule has 4 heteroatoms. The minimum atomic E-state index is 0.627. The molecule has 19 heavy (non-hydrogen) atoms. The summed E-state index contributed by atoms with van der Waals surface area (Å²) in [7, 11) is 0. The molecule has 4 nitrogen and oxygen atoms in total. The molecular formula is C15H28N4. The van der Waals surface area contributed by atoms with Crippen molar-refractivity contribution < 1.29 is 0 Å². The summed E-state index contributed by atoms with van der Waals surface area (Å²) in [6, 6.07) is 0. The highest BCUT2D eigenvalue weighted by Gasteiger charge is 2.15. The average molecular weight is 264 g/mol. The zero-order valence-electron chi connectivity index (χ0n) is 13.2. The van der Waals surface area contributed by atoms with E-state index in [0.717, 1.165) is 49.1 Å². The third-order valence-corrected chi connectivity index (χ3v) is 3.09. The van der Waals surface area contributed by atoms with Crippen LogP contribution < -0.4 is 10.2 Å². The van der Waals surface area contributed by atoms with Gasteiger partial charge >= 0.3 is 0 Å². The average Bonchev–Trinajstić information content (AvgIpc) is 2.38. The smallest absolute Gasteiger partial charge is 0.137 e. The van der Waals surface area contributed by atoms with Crippen LogP contribution in [0.1, 0.15) is 46.0 Å². The van der Waals surface area contributed by atoms with Gasteiger partial charge in [-0.3, -0.25) is 0 Å². The molecule has 0 amide bonds. The maximum absolute atomic E-state index is 4.73. The van der Waals surface area contributed by atoms with Crippen molar-refractivity contribution in [1.82, 2.24) is 9.97 Å². The first-order valence-electron chi connectivity index (χ1n) is 7.39. The molecule has 0 aliphatic rings. The van der Waals surface area contributed by atoms with Gasteiger partial charge in [-0.05, 0) is 26.7 Å². The van der Waals surface area contributed by atoms with Crippen LogP contribution >= 0.6 is 0 Å². The molecule has 0 spiro atoms. The van der Waals surface area contributed by atoms with Crippen LogP contribution in [0.5, 0.6) is 0 Å². The first-order chi connectivity index (χ1) is 9.03. The van der Waals surface area contributed by atoms with Crippen molar-refractivity contribution >= 4 is 11.6 Å². The number of nitrogens with one attached hydrogen (secondary N) is 1. The van der Waals surface area contributed by atoms with Crippen LogP contribution in [0.4, 0.5) is 11.6 Å². The lowest BCUT2D eigenvalue weighted by Crippen LogP contribution is -2.29. The van der Waals surface area contributed by atoms with Gasteiger partial charge in [-0.15, -0.1) is 0 Å². The lowest BCUT2D eigenvalue weighted by Gasteiger charge is -2.26. The molecule has 0 saturated heterocycles. The minimum Gasteiger partial charge on any atom is -0.370 e. The van der Waals surface area contributed by atoms with E-state index >= 15 is 0 Å². The molecular weight excluding hydrogens is 236 g/mol. The van der Waals surface area contributed by atoms with E-state index in [9.17, 15) is 0 Å². The van der Waals surface area contributed by atoms with Gasteiger partial charge in [-0.25, -0.2) is 9.97 Å². The van der Waals surface area contributed by atoms with Gasteiger partial charge in [-0.1, -0.05) is 20.8 Å². The Hall–Kier alpha value is -1.32. The second-order valence-corrected chi connectivity index (χ2v) is 5.25. The van der Waals surface area contributed by atoms with Crippen LogP contribution in [-0.4, -0.2) is 29.6 Å². The van der Waals surface area contributed by atoms with Crippen molar-refractivity contribution in [2.45, 2.75) is 48.0 Å². The van der Waals surface area contributed by atoms with Crippen LogP contribution in [0.3, 0.4) is 0 Å². The van der Waals surface area contributed by atoms with Crippen LogP contribution in [0.25, 0.3) is 0 Å².